The first-order chi connectivity index (χ1) is 11.7. The Kier molecular flexibility index (Phi) is 5.22. The summed E-state index contributed by atoms with van der Waals surface area (Å²) in [4.78, 5) is 2.56. The van der Waals surface area contributed by atoms with E-state index in [1.807, 2.05) is 29.8 Å². The number of nitrogens with zero attached hydrogens (tertiary/aromatic N) is 3. The Bertz CT molecular complexity index is 729. The molecule has 126 valence electrons. The molecule has 2 heterocycles. The second-order valence-corrected chi connectivity index (χ2v) is 6.78. The highest BCUT2D eigenvalue weighted by molar-refractivity contribution is 5.29. The van der Waals surface area contributed by atoms with Gasteiger partial charge < -0.3 is 9.67 Å². The van der Waals surface area contributed by atoms with Crippen molar-refractivity contribution in [1.29, 1.82) is 5.26 Å². The van der Waals surface area contributed by atoms with Crippen LogP contribution in [0, 0.1) is 11.3 Å². The second kappa shape index (κ2) is 7.55. The number of hydrogen-bond acceptors (Lipinski definition) is 3. The number of aromatic hydroxyl groups is 1. The summed E-state index contributed by atoms with van der Waals surface area (Å²) in [6, 6.07) is 12.4. The summed E-state index contributed by atoms with van der Waals surface area (Å²) >= 11 is 0. The van der Waals surface area contributed by atoms with Crippen LogP contribution in [0.3, 0.4) is 0 Å². The lowest BCUT2D eigenvalue weighted by Crippen LogP contribution is -2.39. The van der Waals surface area contributed by atoms with E-state index in [-0.39, 0.29) is 0 Å². The Morgan fingerprint density at radius 2 is 2.12 bits per heavy atom. The highest BCUT2D eigenvalue weighted by Gasteiger charge is 2.22. The van der Waals surface area contributed by atoms with Crippen LogP contribution in [0.4, 0.5) is 0 Å². The van der Waals surface area contributed by atoms with Crippen molar-refractivity contribution < 1.29 is 5.11 Å². The monoisotopic (exact) mass is 323 g/mol. The standard InChI is InChI=1S/C20H25N3O/c1-22-14-17(11-19(22)13-21)15-23-10-3-2-6-18(23)9-8-16-5-4-7-20(24)12-16/h4-5,7,11-12,14,18,24H,2-3,6,8-10,15H2,1H3/t18-/m0/s1. The number of phenolic OH excluding ortho intramolecular Hbond substituents is 1. The smallest absolute Gasteiger partial charge is 0.120 e. The number of phenols is 1. The van der Waals surface area contributed by atoms with Gasteiger partial charge in [0, 0.05) is 25.8 Å². The van der Waals surface area contributed by atoms with Gasteiger partial charge in [0.2, 0.25) is 0 Å². The highest BCUT2D eigenvalue weighted by atomic mass is 16.3. The Labute approximate surface area is 143 Å². The number of aryl methyl sites for hydroxylation is 2. The number of nitriles is 1. The maximum atomic E-state index is 9.61. The lowest BCUT2D eigenvalue weighted by Gasteiger charge is -2.35. The van der Waals surface area contributed by atoms with E-state index in [1.165, 1.54) is 30.4 Å². The minimum absolute atomic E-state index is 0.348. The van der Waals surface area contributed by atoms with Gasteiger partial charge in [-0.25, -0.2) is 0 Å². The van der Waals surface area contributed by atoms with Crippen molar-refractivity contribution in [2.24, 2.45) is 7.05 Å². The van der Waals surface area contributed by atoms with E-state index in [2.05, 4.69) is 23.2 Å². The molecule has 1 aliphatic heterocycles. The predicted octanol–water partition coefficient (Wildman–Crippen LogP) is 3.59. The van der Waals surface area contributed by atoms with E-state index < -0.39 is 0 Å². The molecule has 1 N–H and O–H groups in total. The van der Waals surface area contributed by atoms with Crippen LogP contribution in [-0.2, 0) is 20.0 Å². The fourth-order valence-corrected chi connectivity index (χ4v) is 3.71. The van der Waals surface area contributed by atoms with Crippen LogP contribution in [0.2, 0.25) is 0 Å². The van der Waals surface area contributed by atoms with E-state index in [1.54, 1.807) is 6.07 Å². The van der Waals surface area contributed by atoms with Crippen LogP contribution >= 0.6 is 0 Å². The van der Waals surface area contributed by atoms with Crippen LogP contribution in [0.15, 0.2) is 36.5 Å². The maximum Gasteiger partial charge on any atom is 0.120 e. The Balaban J connectivity index is 1.63. The molecule has 1 aromatic heterocycles. The second-order valence-electron chi connectivity index (χ2n) is 6.78. The fraction of sp³-hybridized carbons (Fsp3) is 0.450. The Morgan fingerprint density at radius 3 is 2.88 bits per heavy atom. The highest BCUT2D eigenvalue weighted by Crippen LogP contribution is 2.24. The van der Waals surface area contributed by atoms with Gasteiger partial charge >= 0.3 is 0 Å². The van der Waals surface area contributed by atoms with Gasteiger partial charge in [0.25, 0.3) is 0 Å². The minimum Gasteiger partial charge on any atom is -0.508 e. The van der Waals surface area contributed by atoms with Gasteiger partial charge in [-0.3, -0.25) is 4.90 Å². The van der Waals surface area contributed by atoms with E-state index in [0.29, 0.717) is 11.8 Å². The third-order valence-electron chi connectivity index (χ3n) is 4.99. The number of piperidine rings is 1. The topological polar surface area (TPSA) is 52.2 Å². The molecule has 0 radical (unpaired) electrons. The van der Waals surface area contributed by atoms with Crippen molar-refractivity contribution in [1.82, 2.24) is 9.47 Å². The van der Waals surface area contributed by atoms with Crippen LogP contribution in [0.5, 0.6) is 5.75 Å². The molecule has 2 aromatic rings. The van der Waals surface area contributed by atoms with Gasteiger partial charge in [0.15, 0.2) is 0 Å². The molecule has 4 nitrogen and oxygen atoms in total. The lowest BCUT2D eigenvalue weighted by atomic mass is 9.95. The Hall–Kier alpha value is -2.25. The lowest BCUT2D eigenvalue weighted by molar-refractivity contribution is 0.132. The summed E-state index contributed by atoms with van der Waals surface area (Å²) in [5.41, 5.74) is 3.14. The average molecular weight is 323 g/mol. The summed E-state index contributed by atoms with van der Waals surface area (Å²) in [7, 11) is 1.93. The normalized spacial score (nSPS) is 18.4. The third-order valence-corrected chi connectivity index (χ3v) is 4.99. The van der Waals surface area contributed by atoms with E-state index in [0.717, 1.165) is 31.6 Å². The van der Waals surface area contributed by atoms with E-state index >= 15 is 0 Å². The fourth-order valence-electron chi connectivity index (χ4n) is 3.71. The summed E-state index contributed by atoms with van der Waals surface area (Å²) < 4.78 is 1.90. The molecule has 0 amide bonds. The number of rotatable bonds is 5. The van der Waals surface area contributed by atoms with Gasteiger partial charge in [-0.15, -0.1) is 0 Å². The average Bonchev–Trinajstić information content (AvgIpc) is 2.94. The van der Waals surface area contributed by atoms with Gasteiger partial charge in [0.1, 0.15) is 17.5 Å². The molecule has 0 bridgehead atoms. The van der Waals surface area contributed by atoms with Crippen molar-refractivity contribution in [3.8, 4) is 11.8 Å². The SMILES string of the molecule is Cn1cc(CN2CCCC[C@H]2CCc2cccc(O)c2)cc1C#N. The zero-order valence-electron chi connectivity index (χ0n) is 14.3. The van der Waals surface area contributed by atoms with Crippen LogP contribution < -0.4 is 0 Å². The summed E-state index contributed by atoms with van der Waals surface area (Å²) in [5.74, 6) is 0.348. The Morgan fingerprint density at radius 1 is 1.25 bits per heavy atom. The predicted molar refractivity (Wildman–Crippen MR) is 94.6 cm³/mol. The summed E-state index contributed by atoms with van der Waals surface area (Å²) in [5, 5.41) is 18.7. The van der Waals surface area contributed by atoms with Gasteiger partial charge in [-0.1, -0.05) is 18.6 Å². The van der Waals surface area contributed by atoms with E-state index in [4.69, 9.17) is 5.26 Å². The van der Waals surface area contributed by atoms with Crippen LogP contribution in [0.25, 0.3) is 0 Å². The molecule has 4 heteroatoms. The third kappa shape index (κ3) is 3.98. The van der Waals surface area contributed by atoms with Crippen molar-refractivity contribution in [2.45, 2.75) is 44.7 Å². The van der Waals surface area contributed by atoms with Crippen molar-refractivity contribution in [3.63, 3.8) is 0 Å². The number of likely N-dealkylation sites (tertiary alicyclic amines) is 1. The van der Waals surface area contributed by atoms with Crippen LogP contribution in [0.1, 0.15) is 42.5 Å². The number of benzene rings is 1. The molecule has 0 saturated carbocycles. The molecule has 0 aliphatic carbocycles. The largest absolute Gasteiger partial charge is 0.508 e. The molecule has 1 aliphatic rings. The molecule has 1 saturated heterocycles. The number of aromatic nitrogens is 1. The molecule has 0 unspecified atom stereocenters. The maximum absolute atomic E-state index is 9.61. The molecular formula is C20H25N3O. The van der Waals surface area contributed by atoms with Gasteiger partial charge in [0.05, 0.1) is 0 Å². The molecule has 1 fully saturated rings. The van der Waals surface area contributed by atoms with Crippen molar-refractivity contribution in [3.05, 3.63) is 53.3 Å². The first kappa shape index (κ1) is 16.6. The molecule has 1 aromatic carbocycles. The first-order valence-corrected chi connectivity index (χ1v) is 8.73. The molecule has 0 spiro atoms. The first-order valence-electron chi connectivity index (χ1n) is 8.73. The molecule has 24 heavy (non-hydrogen) atoms. The minimum atomic E-state index is 0.348. The van der Waals surface area contributed by atoms with Crippen molar-refractivity contribution in [2.75, 3.05) is 6.54 Å². The molecule has 1 atom stereocenters. The zero-order valence-corrected chi connectivity index (χ0v) is 14.3. The quantitative estimate of drug-likeness (QED) is 0.915. The van der Waals surface area contributed by atoms with Crippen molar-refractivity contribution >= 4 is 0 Å². The summed E-state index contributed by atoms with van der Waals surface area (Å²) in [6.07, 6.45) is 7.95. The van der Waals surface area contributed by atoms with E-state index in [9.17, 15) is 5.11 Å². The molecule has 3 rings (SSSR count). The number of hydrogen-bond donors (Lipinski definition) is 1. The van der Waals surface area contributed by atoms with Gasteiger partial charge in [-0.2, -0.15) is 5.26 Å². The van der Waals surface area contributed by atoms with Gasteiger partial charge in [-0.05, 0) is 61.6 Å². The molecular weight excluding hydrogens is 298 g/mol. The zero-order chi connectivity index (χ0) is 16.9. The van der Waals surface area contributed by atoms with Crippen LogP contribution in [-0.4, -0.2) is 27.2 Å². The summed E-state index contributed by atoms with van der Waals surface area (Å²) in [6.45, 7) is 2.04.